The van der Waals surface area contributed by atoms with Crippen LogP contribution in [0.4, 0.5) is 0 Å². The Labute approximate surface area is 134 Å². The fraction of sp³-hybridized carbons (Fsp3) is 0.706. The van der Waals surface area contributed by atoms with Crippen LogP contribution in [0.15, 0.2) is 18.3 Å². The Morgan fingerprint density at radius 3 is 1.85 bits per heavy atom. The van der Waals surface area contributed by atoms with Crippen molar-refractivity contribution in [3.8, 4) is 0 Å². The molecule has 114 valence electrons. The zero-order chi connectivity index (χ0) is 14.8. The second-order valence-corrected chi connectivity index (χ2v) is 19.4. The number of aromatic nitrogens is 1. The summed E-state index contributed by atoms with van der Waals surface area (Å²) in [6.07, 6.45) is 9.85. The molecule has 0 radical (unpaired) electrons. The van der Waals surface area contributed by atoms with Crippen LogP contribution in [0.2, 0.25) is 18.5 Å². The van der Waals surface area contributed by atoms with Gasteiger partial charge in [0.05, 0.1) is 0 Å². The molecule has 0 atom stereocenters. The van der Waals surface area contributed by atoms with E-state index in [1.165, 1.54) is 55.4 Å². The zero-order valence-corrected chi connectivity index (χ0v) is 17.0. The Balaban J connectivity index is 3.08. The molecule has 0 unspecified atom stereocenters. The SMILES string of the molecule is CCC[CH2][Sn]([CH2]CCC)([CH2]CCC)[c]1cccnc1Cl. The van der Waals surface area contributed by atoms with Crippen molar-refractivity contribution in [1.82, 2.24) is 4.98 Å². The molecule has 0 amide bonds. The Hall–Kier alpha value is 0.239. The van der Waals surface area contributed by atoms with Crippen LogP contribution in [0.3, 0.4) is 0 Å². The monoisotopic (exact) mass is 403 g/mol. The number of hydrogen-bond donors (Lipinski definition) is 0. The normalized spacial score (nSPS) is 11.8. The van der Waals surface area contributed by atoms with Crippen LogP contribution >= 0.6 is 11.6 Å². The molecule has 3 heteroatoms. The maximum absolute atomic E-state index is 6.49. The number of nitrogens with zero attached hydrogens (tertiary/aromatic N) is 1. The Morgan fingerprint density at radius 1 is 0.950 bits per heavy atom. The van der Waals surface area contributed by atoms with Gasteiger partial charge in [-0.15, -0.1) is 0 Å². The van der Waals surface area contributed by atoms with Crippen LogP contribution in [0, 0.1) is 0 Å². The first kappa shape index (κ1) is 18.3. The topological polar surface area (TPSA) is 12.9 Å². The van der Waals surface area contributed by atoms with Gasteiger partial charge in [-0.2, -0.15) is 0 Å². The molecule has 0 saturated carbocycles. The summed E-state index contributed by atoms with van der Waals surface area (Å²) < 4.78 is 5.86. The second kappa shape index (κ2) is 10.0. The summed E-state index contributed by atoms with van der Waals surface area (Å²) >= 11 is 4.13. The number of halogens is 1. The molecule has 1 aromatic heterocycles. The van der Waals surface area contributed by atoms with Crippen molar-refractivity contribution in [3.05, 3.63) is 23.5 Å². The molecule has 0 spiro atoms. The summed E-state index contributed by atoms with van der Waals surface area (Å²) in [5.74, 6) is 0. The third-order valence-electron chi connectivity index (χ3n) is 4.36. The summed E-state index contributed by atoms with van der Waals surface area (Å²) in [6.45, 7) is 6.92. The van der Waals surface area contributed by atoms with E-state index in [0.717, 1.165) is 5.15 Å². The number of unbranched alkanes of at least 4 members (excludes halogenated alkanes) is 3. The maximum atomic E-state index is 6.49. The van der Waals surface area contributed by atoms with E-state index in [1.807, 2.05) is 6.20 Å². The molecule has 0 aliphatic carbocycles. The van der Waals surface area contributed by atoms with Crippen LogP contribution in [0.1, 0.15) is 59.3 Å². The number of hydrogen-bond acceptors (Lipinski definition) is 1. The van der Waals surface area contributed by atoms with E-state index < -0.39 is 18.4 Å². The van der Waals surface area contributed by atoms with E-state index in [2.05, 4.69) is 37.9 Å². The van der Waals surface area contributed by atoms with Gasteiger partial charge in [-0.25, -0.2) is 0 Å². The summed E-state index contributed by atoms with van der Waals surface area (Å²) in [5, 5.41) is 0.812. The first-order valence-electron chi connectivity index (χ1n) is 8.31. The summed E-state index contributed by atoms with van der Waals surface area (Å²) in [6, 6.07) is 4.39. The van der Waals surface area contributed by atoms with Crippen LogP contribution in [0.25, 0.3) is 0 Å². The number of pyridine rings is 1. The first-order valence-corrected chi connectivity index (χ1v) is 16.2. The van der Waals surface area contributed by atoms with E-state index in [0.29, 0.717) is 0 Å². The average molecular weight is 403 g/mol. The molecule has 0 saturated heterocycles. The molecule has 0 fully saturated rings. The minimum absolute atomic E-state index is 0.812. The van der Waals surface area contributed by atoms with Crippen molar-refractivity contribution in [3.63, 3.8) is 0 Å². The van der Waals surface area contributed by atoms with Gasteiger partial charge < -0.3 is 0 Å². The standard InChI is InChI=1S/C5H3ClN.3C4H9.Sn/c6-5-3-1-2-4-7-5;3*1-3-4-2;/h1-2,4H;3*1,3-4H2,2H3;. The molecular weight excluding hydrogens is 372 g/mol. The average Bonchev–Trinajstić information content (AvgIpc) is 2.48. The molecule has 1 nitrogen and oxygen atoms in total. The Kier molecular flexibility index (Phi) is 9.19. The van der Waals surface area contributed by atoms with Gasteiger partial charge >= 0.3 is 135 Å². The molecule has 1 rings (SSSR count). The summed E-state index contributed by atoms with van der Waals surface area (Å²) in [4.78, 5) is 4.39. The van der Waals surface area contributed by atoms with Crippen LogP contribution in [-0.4, -0.2) is 23.4 Å². The fourth-order valence-corrected chi connectivity index (χ4v) is 20.6. The molecule has 0 aliphatic heterocycles. The molecule has 0 aliphatic rings. The third-order valence-corrected chi connectivity index (χ3v) is 20.7. The number of rotatable bonds is 10. The predicted molar refractivity (Wildman–Crippen MR) is 93.8 cm³/mol. The van der Waals surface area contributed by atoms with E-state index >= 15 is 0 Å². The van der Waals surface area contributed by atoms with Gasteiger partial charge in [0.1, 0.15) is 0 Å². The van der Waals surface area contributed by atoms with Crippen molar-refractivity contribution in [1.29, 1.82) is 0 Å². The predicted octanol–water partition coefficient (Wildman–Crippen LogP) is 5.79. The minimum atomic E-state index is -2.35. The van der Waals surface area contributed by atoms with E-state index in [4.69, 9.17) is 11.6 Å². The first-order chi connectivity index (χ1) is 9.70. The molecule has 0 aromatic carbocycles. The van der Waals surface area contributed by atoms with Gasteiger partial charge in [-0.1, -0.05) is 0 Å². The molecule has 0 N–H and O–H groups in total. The van der Waals surface area contributed by atoms with Crippen LogP contribution < -0.4 is 3.58 Å². The van der Waals surface area contributed by atoms with Crippen molar-refractivity contribution < 1.29 is 0 Å². The van der Waals surface area contributed by atoms with Gasteiger partial charge in [0.15, 0.2) is 0 Å². The Morgan fingerprint density at radius 2 is 1.45 bits per heavy atom. The Bertz CT molecular complexity index is 359. The molecule has 20 heavy (non-hydrogen) atoms. The van der Waals surface area contributed by atoms with Crippen molar-refractivity contribution in [2.45, 2.75) is 72.6 Å². The summed E-state index contributed by atoms with van der Waals surface area (Å²) in [5.41, 5.74) is 0. The van der Waals surface area contributed by atoms with Gasteiger partial charge in [0.2, 0.25) is 0 Å². The third kappa shape index (κ3) is 5.21. The molecule has 0 bridgehead atoms. The van der Waals surface area contributed by atoms with Crippen LogP contribution in [0.5, 0.6) is 0 Å². The van der Waals surface area contributed by atoms with Gasteiger partial charge in [-0.05, 0) is 0 Å². The van der Waals surface area contributed by atoms with Crippen molar-refractivity contribution in [2.75, 3.05) is 0 Å². The molecule has 1 aromatic rings. The van der Waals surface area contributed by atoms with Gasteiger partial charge in [0, 0.05) is 0 Å². The van der Waals surface area contributed by atoms with Crippen molar-refractivity contribution in [2.24, 2.45) is 0 Å². The summed E-state index contributed by atoms with van der Waals surface area (Å²) in [7, 11) is 0. The molecule has 1 heterocycles. The fourth-order valence-electron chi connectivity index (χ4n) is 3.11. The second-order valence-electron chi connectivity index (χ2n) is 5.93. The van der Waals surface area contributed by atoms with Crippen molar-refractivity contribution >= 4 is 33.6 Å². The zero-order valence-electron chi connectivity index (χ0n) is 13.4. The van der Waals surface area contributed by atoms with E-state index in [1.54, 1.807) is 0 Å². The quantitative estimate of drug-likeness (QED) is 0.356. The van der Waals surface area contributed by atoms with E-state index in [9.17, 15) is 0 Å². The van der Waals surface area contributed by atoms with E-state index in [-0.39, 0.29) is 0 Å². The van der Waals surface area contributed by atoms with Gasteiger partial charge in [-0.3, -0.25) is 0 Å². The molecular formula is C17H30ClNSn. The van der Waals surface area contributed by atoms with Crippen LogP contribution in [-0.2, 0) is 0 Å². The van der Waals surface area contributed by atoms with Gasteiger partial charge in [0.25, 0.3) is 0 Å².